The molecule has 0 heterocycles. The van der Waals surface area contributed by atoms with Crippen molar-refractivity contribution in [3.8, 4) is 0 Å². The molecule has 0 aliphatic rings. The minimum absolute atomic E-state index is 0.0602. The topological polar surface area (TPSA) is 46.5 Å². The van der Waals surface area contributed by atoms with Crippen LogP contribution < -0.4 is 0 Å². The molecule has 0 saturated heterocycles. The average Bonchev–Trinajstić information content (AvgIpc) is 2.27. The quantitative estimate of drug-likeness (QED) is 0.594. The van der Waals surface area contributed by atoms with Gasteiger partial charge in [-0.1, -0.05) is 36.0 Å². The van der Waals surface area contributed by atoms with Gasteiger partial charge in [0.2, 0.25) is 6.08 Å². The number of hydrogen-bond acceptors (Lipinski definition) is 4. The Kier molecular flexibility index (Phi) is 5.67. The Labute approximate surface area is 105 Å². The van der Waals surface area contributed by atoms with Crippen LogP contribution in [-0.2, 0) is 16.0 Å². The minimum atomic E-state index is -0.440. The smallest absolute Gasteiger partial charge is 0.236 e. The van der Waals surface area contributed by atoms with Crippen molar-refractivity contribution in [1.29, 1.82) is 0 Å². The van der Waals surface area contributed by atoms with Gasteiger partial charge in [0.1, 0.15) is 5.37 Å². The van der Waals surface area contributed by atoms with E-state index in [1.165, 1.54) is 24.1 Å². The van der Waals surface area contributed by atoms with E-state index in [0.717, 1.165) is 11.8 Å². The van der Waals surface area contributed by atoms with Gasteiger partial charge in [0.15, 0.2) is 5.12 Å². The molecule has 1 unspecified atom stereocenters. The molecular weight excluding hydrogens is 234 g/mol. The molecule has 0 spiro atoms. The molecule has 0 bridgehead atoms. The first-order chi connectivity index (χ1) is 8.13. The van der Waals surface area contributed by atoms with Gasteiger partial charge < -0.3 is 0 Å². The second-order valence-corrected chi connectivity index (χ2v) is 4.88. The van der Waals surface area contributed by atoms with E-state index in [4.69, 9.17) is 0 Å². The van der Waals surface area contributed by atoms with Crippen molar-refractivity contribution in [3.63, 3.8) is 0 Å². The first-order valence-corrected chi connectivity index (χ1v) is 6.13. The molecular formula is C13H14NO2S. The summed E-state index contributed by atoms with van der Waals surface area (Å²) < 4.78 is 0. The SMILES string of the molecule is CC(=O)SC([CH]Cc1ccccc1C)N=C=O. The Morgan fingerprint density at radius 1 is 1.53 bits per heavy atom. The number of rotatable bonds is 5. The van der Waals surface area contributed by atoms with Gasteiger partial charge in [-0.25, -0.2) is 4.79 Å². The highest BCUT2D eigenvalue weighted by molar-refractivity contribution is 8.14. The predicted molar refractivity (Wildman–Crippen MR) is 69.4 cm³/mol. The van der Waals surface area contributed by atoms with Gasteiger partial charge >= 0.3 is 0 Å². The lowest BCUT2D eigenvalue weighted by molar-refractivity contribution is -0.109. The summed E-state index contributed by atoms with van der Waals surface area (Å²) in [6, 6.07) is 7.99. The normalized spacial score (nSPS) is 11.6. The average molecular weight is 248 g/mol. The highest BCUT2D eigenvalue weighted by Crippen LogP contribution is 2.19. The summed E-state index contributed by atoms with van der Waals surface area (Å²) in [5.74, 6) is 0. The van der Waals surface area contributed by atoms with E-state index in [-0.39, 0.29) is 5.12 Å². The summed E-state index contributed by atoms with van der Waals surface area (Å²) >= 11 is 1.03. The number of carbonyl (C=O) groups excluding carboxylic acids is 2. The van der Waals surface area contributed by atoms with Gasteiger partial charge in [-0.05, 0) is 24.5 Å². The molecule has 0 aliphatic heterocycles. The highest BCUT2D eigenvalue weighted by atomic mass is 32.2. The summed E-state index contributed by atoms with van der Waals surface area (Å²) in [5.41, 5.74) is 2.35. The van der Waals surface area contributed by atoms with Gasteiger partial charge in [0.25, 0.3) is 0 Å². The van der Waals surface area contributed by atoms with Crippen LogP contribution in [0.2, 0.25) is 0 Å². The zero-order valence-corrected chi connectivity index (χ0v) is 10.7. The maximum atomic E-state index is 11.0. The summed E-state index contributed by atoms with van der Waals surface area (Å²) in [5, 5.41) is -0.500. The largest absolute Gasteiger partial charge is 0.287 e. The van der Waals surface area contributed by atoms with Gasteiger partial charge in [-0.15, -0.1) is 0 Å². The number of benzene rings is 1. The van der Waals surface area contributed by atoms with E-state index in [1.807, 2.05) is 37.6 Å². The van der Waals surface area contributed by atoms with Gasteiger partial charge in [0, 0.05) is 13.3 Å². The second-order valence-electron chi connectivity index (χ2n) is 3.59. The molecule has 0 fully saturated rings. The van der Waals surface area contributed by atoms with Crippen LogP contribution in [0.1, 0.15) is 18.1 Å². The van der Waals surface area contributed by atoms with E-state index in [0.29, 0.717) is 6.42 Å². The summed E-state index contributed by atoms with van der Waals surface area (Å²) in [6.45, 7) is 3.49. The van der Waals surface area contributed by atoms with E-state index < -0.39 is 5.37 Å². The van der Waals surface area contributed by atoms with Crippen molar-refractivity contribution >= 4 is 23.0 Å². The first-order valence-electron chi connectivity index (χ1n) is 5.25. The Morgan fingerprint density at radius 2 is 2.24 bits per heavy atom. The van der Waals surface area contributed by atoms with Crippen molar-refractivity contribution in [2.75, 3.05) is 0 Å². The fraction of sp³-hybridized carbons (Fsp3) is 0.308. The molecule has 0 N–H and O–H groups in total. The van der Waals surface area contributed by atoms with E-state index in [2.05, 4.69) is 4.99 Å². The van der Waals surface area contributed by atoms with Crippen LogP contribution in [0.3, 0.4) is 0 Å². The van der Waals surface area contributed by atoms with E-state index >= 15 is 0 Å². The van der Waals surface area contributed by atoms with Gasteiger partial charge in [-0.3, -0.25) is 4.79 Å². The van der Waals surface area contributed by atoms with Crippen LogP contribution in [0.5, 0.6) is 0 Å². The molecule has 0 amide bonds. The van der Waals surface area contributed by atoms with Crippen molar-refractivity contribution in [2.45, 2.75) is 25.6 Å². The lowest BCUT2D eigenvalue weighted by Crippen LogP contribution is -2.05. The molecule has 89 valence electrons. The van der Waals surface area contributed by atoms with Crippen molar-refractivity contribution in [3.05, 3.63) is 41.8 Å². The van der Waals surface area contributed by atoms with E-state index in [9.17, 15) is 9.59 Å². The second kappa shape index (κ2) is 7.05. The van der Waals surface area contributed by atoms with Gasteiger partial charge in [0.05, 0.1) is 0 Å². The van der Waals surface area contributed by atoms with E-state index in [1.54, 1.807) is 0 Å². The zero-order valence-electron chi connectivity index (χ0n) is 9.84. The highest BCUT2D eigenvalue weighted by Gasteiger charge is 2.11. The fourth-order valence-corrected chi connectivity index (χ4v) is 2.04. The molecule has 4 heteroatoms. The van der Waals surface area contributed by atoms with Crippen LogP contribution >= 0.6 is 11.8 Å². The number of thioether (sulfide) groups is 1. The van der Waals surface area contributed by atoms with Crippen LogP contribution in [0.4, 0.5) is 0 Å². The standard InChI is InChI=1S/C13H14NO2S/c1-10-5-3-4-6-12(10)7-8-13(14-9-15)17-11(2)16/h3-6,8,13H,7H2,1-2H3. The first kappa shape index (κ1) is 13.7. The third kappa shape index (κ3) is 4.98. The maximum Gasteiger partial charge on any atom is 0.236 e. The molecule has 1 aromatic carbocycles. The Hall–Kier alpha value is -1.38. The number of nitrogens with zero attached hydrogens (tertiary/aromatic N) is 1. The van der Waals surface area contributed by atoms with Gasteiger partial charge in [-0.2, -0.15) is 4.99 Å². The molecule has 1 radical (unpaired) electrons. The van der Waals surface area contributed by atoms with Crippen LogP contribution in [0.15, 0.2) is 29.3 Å². The third-order valence-corrected chi connectivity index (χ3v) is 3.14. The Balaban J connectivity index is 2.60. The molecule has 1 rings (SSSR count). The lowest BCUT2D eigenvalue weighted by Gasteiger charge is -2.09. The molecule has 3 nitrogen and oxygen atoms in total. The molecule has 1 aromatic rings. The minimum Gasteiger partial charge on any atom is -0.287 e. The summed E-state index contributed by atoms with van der Waals surface area (Å²) in [6.07, 6.45) is 4.02. The predicted octanol–water partition coefficient (Wildman–Crippen LogP) is 2.68. The van der Waals surface area contributed by atoms with Crippen molar-refractivity contribution in [2.24, 2.45) is 4.99 Å². The number of hydrogen-bond donors (Lipinski definition) is 0. The lowest BCUT2D eigenvalue weighted by atomic mass is 10.0. The monoisotopic (exact) mass is 248 g/mol. The Bertz CT molecular complexity index is 439. The van der Waals surface area contributed by atoms with Crippen molar-refractivity contribution in [1.82, 2.24) is 0 Å². The van der Waals surface area contributed by atoms with Crippen LogP contribution in [0.25, 0.3) is 0 Å². The number of aliphatic imine (C=N–C) groups is 1. The molecule has 1 atom stereocenters. The molecule has 0 saturated carbocycles. The third-order valence-electron chi connectivity index (χ3n) is 2.27. The zero-order chi connectivity index (χ0) is 12.7. The van der Waals surface area contributed by atoms with Crippen LogP contribution in [0, 0.1) is 13.3 Å². The molecule has 0 aliphatic carbocycles. The number of isocyanates is 1. The summed E-state index contributed by atoms with van der Waals surface area (Å²) in [7, 11) is 0. The van der Waals surface area contributed by atoms with Crippen LogP contribution in [-0.4, -0.2) is 16.6 Å². The molecule has 17 heavy (non-hydrogen) atoms. The number of carbonyl (C=O) groups is 1. The maximum absolute atomic E-state index is 11.0. The van der Waals surface area contributed by atoms with Crippen molar-refractivity contribution < 1.29 is 9.59 Å². The number of aryl methyl sites for hydroxylation is 1. The summed E-state index contributed by atoms with van der Waals surface area (Å²) in [4.78, 5) is 24.8. The Morgan fingerprint density at radius 3 is 2.82 bits per heavy atom. The fourth-order valence-electron chi connectivity index (χ4n) is 1.42. The molecule has 0 aromatic heterocycles.